The van der Waals surface area contributed by atoms with Gasteiger partial charge in [0, 0.05) is 19.7 Å². The highest BCUT2D eigenvalue weighted by Crippen LogP contribution is 2.18. The maximum absolute atomic E-state index is 13.6. The van der Waals surface area contributed by atoms with Gasteiger partial charge in [0.05, 0.1) is 12.1 Å². The highest BCUT2D eigenvalue weighted by Gasteiger charge is 2.35. The van der Waals surface area contributed by atoms with Crippen LogP contribution in [-0.4, -0.2) is 52.2 Å². The first-order chi connectivity index (χ1) is 9.44. The minimum Gasteiger partial charge on any atom is -0.375 e. The first-order valence-corrected chi connectivity index (χ1v) is 7.99. The lowest BCUT2D eigenvalue weighted by Crippen LogP contribution is -2.44. The molecule has 5 nitrogen and oxygen atoms in total. The largest absolute Gasteiger partial charge is 0.375 e. The van der Waals surface area contributed by atoms with E-state index in [-0.39, 0.29) is 17.0 Å². The highest BCUT2D eigenvalue weighted by molar-refractivity contribution is 7.89. The number of likely N-dealkylation sites (tertiary alicyclic amines) is 1. The molecule has 0 aromatic heterocycles. The Morgan fingerprint density at radius 1 is 1.40 bits per heavy atom. The molecule has 0 bridgehead atoms. The predicted octanol–water partition coefficient (Wildman–Crippen LogP) is 0.823. The average molecular weight is 302 g/mol. The van der Waals surface area contributed by atoms with Crippen LogP contribution in [0.15, 0.2) is 29.2 Å². The van der Waals surface area contributed by atoms with Gasteiger partial charge in [-0.2, -0.15) is 0 Å². The van der Waals surface area contributed by atoms with Crippen molar-refractivity contribution in [3.05, 3.63) is 30.1 Å². The van der Waals surface area contributed by atoms with Crippen LogP contribution in [0.2, 0.25) is 0 Å². The quantitative estimate of drug-likeness (QED) is 0.875. The van der Waals surface area contributed by atoms with Crippen molar-refractivity contribution in [2.45, 2.75) is 24.0 Å². The molecule has 0 radical (unpaired) electrons. The molecule has 1 heterocycles. The van der Waals surface area contributed by atoms with Gasteiger partial charge in [0.25, 0.3) is 0 Å². The molecule has 1 fully saturated rings. The van der Waals surface area contributed by atoms with Crippen molar-refractivity contribution >= 4 is 10.0 Å². The molecule has 1 aromatic rings. The fourth-order valence-corrected chi connectivity index (χ4v) is 3.72. The van der Waals surface area contributed by atoms with Crippen LogP contribution < -0.4 is 4.72 Å². The maximum Gasteiger partial charge on any atom is 0.243 e. The van der Waals surface area contributed by atoms with Crippen LogP contribution in [0.5, 0.6) is 0 Å². The lowest BCUT2D eigenvalue weighted by atomic mass is 10.2. The van der Waals surface area contributed by atoms with Gasteiger partial charge in [-0.1, -0.05) is 12.1 Å². The summed E-state index contributed by atoms with van der Waals surface area (Å²) in [5.41, 5.74) is 0. The molecule has 112 valence electrons. The molecule has 7 heteroatoms. The molecule has 0 unspecified atom stereocenters. The average Bonchev–Trinajstić information content (AvgIpc) is 2.69. The number of halogens is 1. The van der Waals surface area contributed by atoms with Crippen molar-refractivity contribution in [3.63, 3.8) is 0 Å². The monoisotopic (exact) mass is 302 g/mol. The van der Waals surface area contributed by atoms with Crippen molar-refractivity contribution in [2.24, 2.45) is 0 Å². The Kier molecular flexibility index (Phi) is 4.74. The van der Waals surface area contributed by atoms with Crippen molar-refractivity contribution in [3.8, 4) is 0 Å². The van der Waals surface area contributed by atoms with Crippen molar-refractivity contribution in [1.29, 1.82) is 0 Å². The van der Waals surface area contributed by atoms with Crippen LogP contribution in [0.1, 0.15) is 6.92 Å². The number of likely N-dealkylation sites (N-methyl/N-ethyl adjacent to an activating group) is 1. The zero-order valence-corrected chi connectivity index (χ0v) is 12.4. The minimum absolute atomic E-state index is 0.216. The smallest absolute Gasteiger partial charge is 0.243 e. The minimum atomic E-state index is -3.88. The third-order valence-corrected chi connectivity index (χ3v) is 4.79. The predicted molar refractivity (Wildman–Crippen MR) is 73.4 cm³/mol. The third kappa shape index (κ3) is 3.35. The summed E-state index contributed by atoms with van der Waals surface area (Å²) in [6, 6.07) is 4.98. The molecule has 1 saturated heterocycles. The summed E-state index contributed by atoms with van der Waals surface area (Å²) >= 11 is 0. The molecular weight excluding hydrogens is 283 g/mol. The van der Waals surface area contributed by atoms with E-state index in [0.717, 1.165) is 6.07 Å². The molecule has 20 heavy (non-hydrogen) atoms. The second-order valence-corrected chi connectivity index (χ2v) is 6.56. The van der Waals surface area contributed by atoms with E-state index >= 15 is 0 Å². The SMILES string of the molecule is CCO[C@H]1CN(C)C[C@@H]1NS(=O)(=O)c1ccccc1F. The van der Waals surface area contributed by atoms with Crippen molar-refractivity contribution in [1.82, 2.24) is 9.62 Å². The number of rotatable bonds is 5. The molecular formula is C13H19FN2O3S. The Bertz CT molecular complexity index is 564. The van der Waals surface area contributed by atoms with Crippen LogP contribution >= 0.6 is 0 Å². The lowest BCUT2D eigenvalue weighted by molar-refractivity contribution is 0.0589. The normalized spacial score (nSPS) is 24.1. The molecule has 0 saturated carbocycles. The molecule has 1 aromatic carbocycles. The van der Waals surface area contributed by atoms with Crippen LogP contribution in [0, 0.1) is 5.82 Å². The third-order valence-electron chi connectivity index (χ3n) is 3.26. The Morgan fingerprint density at radius 3 is 2.75 bits per heavy atom. The summed E-state index contributed by atoms with van der Waals surface area (Å²) < 4.78 is 46.2. The van der Waals surface area contributed by atoms with E-state index in [1.807, 2.05) is 18.9 Å². The molecule has 0 aliphatic carbocycles. The molecule has 2 atom stereocenters. The summed E-state index contributed by atoms with van der Waals surface area (Å²) in [7, 11) is -1.99. The summed E-state index contributed by atoms with van der Waals surface area (Å²) in [6.07, 6.45) is -0.216. The van der Waals surface area contributed by atoms with Gasteiger partial charge in [-0.3, -0.25) is 0 Å². The number of hydrogen-bond donors (Lipinski definition) is 1. The molecule has 0 amide bonds. The zero-order valence-electron chi connectivity index (χ0n) is 11.5. The van der Waals surface area contributed by atoms with E-state index in [4.69, 9.17) is 4.74 Å². The Balaban J connectivity index is 2.18. The van der Waals surface area contributed by atoms with Gasteiger partial charge in [-0.05, 0) is 26.1 Å². The summed E-state index contributed by atoms with van der Waals surface area (Å²) in [4.78, 5) is 1.65. The first kappa shape index (κ1) is 15.4. The number of benzene rings is 1. The number of nitrogens with zero attached hydrogens (tertiary/aromatic N) is 1. The van der Waals surface area contributed by atoms with Gasteiger partial charge >= 0.3 is 0 Å². The topological polar surface area (TPSA) is 58.6 Å². The second-order valence-electron chi connectivity index (χ2n) is 4.87. The fraction of sp³-hybridized carbons (Fsp3) is 0.538. The van der Waals surface area contributed by atoms with E-state index in [2.05, 4.69) is 4.72 Å². The number of sulfonamides is 1. The molecule has 2 rings (SSSR count). The van der Waals surface area contributed by atoms with E-state index in [1.54, 1.807) is 0 Å². The van der Waals surface area contributed by atoms with E-state index in [0.29, 0.717) is 19.7 Å². The molecule has 0 spiro atoms. The molecule has 1 aliphatic rings. The molecule has 1 N–H and O–H groups in total. The number of ether oxygens (including phenoxy) is 1. The summed E-state index contributed by atoms with van der Waals surface area (Å²) in [5.74, 6) is -0.751. The van der Waals surface area contributed by atoms with Gasteiger partial charge in [-0.15, -0.1) is 0 Å². The highest BCUT2D eigenvalue weighted by atomic mass is 32.2. The second kappa shape index (κ2) is 6.17. The Hall–Kier alpha value is -1.02. The standard InChI is InChI=1S/C13H19FN2O3S/c1-3-19-12-9-16(2)8-11(12)15-20(17,18)13-7-5-4-6-10(13)14/h4-7,11-12,15H,3,8-9H2,1-2H3/t11-,12-/m0/s1. The van der Waals surface area contributed by atoms with Crippen molar-refractivity contribution in [2.75, 3.05) is 26.7 Å². The molecule has 1 aliphatic heterocycles. The van der Waals surface area contributed by atoms with Crippen LogP contribution in [-0.2, 0) is 14.8 Å². The van der Waals surface area contributed by atoms with Gasteiger partial charge in [0.15, 0.2) is 0 Å². The van der Waals surface area contributed by atoms with Crippen molar-refractivity contribution < 1.29 is 17.5 Å². The van der Waals surface area contributed by atoms with Crippen LogP contribution in [0.25, 0.3) is 0 Å². The maximum atomic E-state index is 13.6. The van der Waals surface area contributed by atoms with Crippen LogP contribution in [0.4, 0.5) is 4.39 Å². The summed E-state index contributed by atoms with van der Waals surface area (Å²) in [6.45, 7) is 3.56. The Labute approximate surface area is 118 Å². The van der Waals surface area contributed by atoms with E-state index in [9.17, 15) is 12.8 Å². The number of hydrogen-bond acceptors (Lipinski definition) is 4. The lowest BCUT2D eigenvalue weighted by Gasteiger charge is -2.19. The Morgan fingerprint density at radius 2 is 2.10 bits per heavy atom. The van der Waals surface area contributed by atoms with E-state index < -0.39 is 15.8 Å². The fourth-order valence-electron chi connectivity index (χ4n) is 2.38. The van der Waals surface area contributed by atoms with Gasteiger partial charge < -0.3 is 9.64 Å². The zero-order chi connectivity index (χ0) is 14.8. The van der Waals surface area contributed by atoms with E-state index in [1.165, 1.54) is 18.2 Å². The first-order valence-electron chi connectivity index (χ1n) is 6.51. The van der Waals surface area contributed by atoms with Gasteiger partial charge in [-0.25, -0.2) is 17.5 Å². The van der Waals surface area contributed by atoms with Gasteiger partial charge in [0.2, 0.25) is 10.0 Å². The van der Waals surface area contributed by atoms with Gasteiger partial charge in [0.1, 0.15) is 10.7 Å². The summed E-state index contributed by atoms with van der Waals surface area (Å²) in [5, 5.41) is 0. The number of nitrogens with one attached hydrogen (secondary N) is 1. The van der Waals surface area contributed by atoms with Crippen LogP contribution in [0.3, 0.4) is 0 Å².